The van der Waals surface area contributed by atoms with E-state index in [-0.39, 0.29) is 11.7 Å². The molecule has 0 saturated heterocycles. The number of anilines is 1. The van der Waals surface area contributed by atoms with Crippen LogP contribution >= 0.6 is 0 Å². The second kappa shape index (κ2) is 3.54. The highest BCUT2D eigenvalue weighted by atomic mass is 32.2. The molecule has 0 aliphatic carbocycles. The fraction of sp³-hybridized carbons (Fsp3) is 0.200. The zero-order chi connectivity index (χ0) is 10.0. The second-order valence-electron chi connectivity index (χ2n) is 2.05. The van der Waals surface area contributed by atoms with Crippen LogP contribution in [0.2, 0.25) is 0 Å². The molecule has 0 fully saturated rings. The lowest BCUT2D eigenvalue weighted by Gasteiger charge is -2.06. The van der Waals surface area contributed by atoms with Crippen molar-refractivity contribution < 1.29 is 23.1 Å². The number of oxazole rings is 1. The molecule has 13 heavy (non-hydrogen) atoms. The molecule has 0 aliphatic rings. The monoisotopic (exact) mass is 206 g/mol. The topological polar surface area (TPSA) is 104 Å². The van der Waals surface area contributed by atoms with E-state index in [1.54, 1.807) is 0 Å². The molecule has 7 nitrogen and oxygen atoms in total. The molecule has 72 valence electrons. The standard InChI is InChI=1S/C5H6N2O5S/c1-7(13(10)11)5-6-3(2-12-5)4(8)9/h2H,1H3,(H,8,9)(H,10,11). The molecule has 0 spiro atoms. The van der Waals surface area contributed by atoms with Gasteiger partial charge >= 0.3 is 12.0 Å². The Bertz CT molecular complexity index is 348. The lowest BCUT2D eigenvalue weighted by Crippen LogP contribution is -2.19. The minimum atomic E-state index is -2.28. The normalized spacial score (nSPS) is 12.5. The number of aromatic carboxylic acids is 1. The molecule has 0 bridgehead atoms. The third-order valence-electron chi connectivity index (χ3n) is 1.21. The van der Waals surface area contributed by atoms with Crippen LogP contribution in [0, 0.1) is 0 Å². The third-order valence-corrected chi connectivity index (χ3v) is 1.84. The van der Waals surface area contributed by atoms with Crippen molar-refractivity contribution in [2.75, 3.05) is 11.4 Å². The highest BCUT2D eigenvalue weighted by Crippen LogP contribution is 2.12. The minimum absolute atomic E-state index is 0.224. The van der Waals surface area contributed by atoms with Crippen molar-refractivity contribution in [2.45, 2.75) is 0 Å². The van der Waals surface area contributed by atoms with Gasteiger partial charge in [-0.15, -0.1) is 0 Å². The van der Waals surface area contributed by atoms with Gasteiger partial charge in [0.15, 0.2) is 5.69 Å². The van der Waals surface area contributed by atoms with Crippen LogP contribution in [0.3, 0.4) is 0 Å². The van der Waals surface area contributed by atoms with Gasteiger partial charge in [-0.2, -0.15) is 4.98 Å². The smallest absolute Gasteiger partial charge is 0.357 e. The van der Waals surface area contributed by atoms with Gasteiger partial charge in [-0.25, -0.2) is 13.3 Å². The lowest BCUT2D eigenvalue weighted by molar-refractivity contribution is 0.0690. The number of aromatic nitrogens is 1. The zero-order valence-corrected chi connectivity index (χ0v) is 7.32. The molecule has 1 aromatic rings. The predicted octanol–water partition coefficient (Wildman–Crippen LogP) is -0.0543. The van der Waals surface area contributed by atoms with E-state index < -0.39 is 17.2 Å². The summed E-state index contributed by atoms with van der Waals surface area (Å²) in [6, 6.07) is -0.224. The van der Waals surface area contributed by atoms with Gasteiger partial charge in [0.25, 0.3) is 11.3 Å². The predicted molar refractivity (Wildman–Crippen MR) is 42.6 cm³/mol. The van der Waals surface area contributed by atoms with E-state index in [1.807, 2.05) is 0 Å². The van der Waals surface area contributed by atoms with Crippen LogP contribution in [0.4, 0.5) is 6.01 Å². The Morgan fingerprint density at radius 3 is 2.77 bits per heavy atom. The third kappa shape index (κ3) is 2.04. The molecule has 0 radical (unpaired) electrons. The second-order valence-corrected chi connectivity index (χ2v) is 3.06. The van der Waals surface area contributed by atoms with Crippen molar-refractivity contribution in [2.24, 2.45) is 0 Å². The van der Waals surface area contributed by atoms with Gasteiger partial charge in [0, 0.05) is 7.05 Å². The van der Waals surface area contributed by atoms with Crippen LogP contribution in [-0.4, -0.2) is 31.9 Å². The first-order valence-corrected chi connectivity index (χ1v) is 4.12. The van der Waals surface area contributed by atoms with Crippen LogP contribution in [0.15, 0.2) is 10.7 Å². The molecule has 2 N–H and O–H groups in total. The average molecular weight is 206 g/mol. The largest absolute Gasteiger partial charge is 0.476 e. The van der Waals surface area contributed by atoms with Gasteiger partial charge in [0.2, 0.25) is 0 Å². The van der Waals surface area contributed by atoms with Crippen molar-refractivity contribution in [1.82, 2.24) is 4.98 Å². The van der Waals surface area contributed by atoms with Crippen molar-refractivity contribution >= 4 is 23.3 Å². The Balaban J connectivity index is 2.91. The lowest BCUT2D eigenvalue weighted by atomic mass is 10.5. The van der Waals surface area contributed by atoms with Crippen molar-refractivity contribution in [3.63, 3.8) is 0 Å². The van der Waals surface area contributed by atoms with E-state index >= 15 is 0 Å². The summed E-state index contributed by atoms with van der Waals surface area (Å²) in [5.74, 6) is -1.26. The van der Waals surface area contributed by atoms with Gasteiger partial charge < -0.3 is 9.52 Å². The van der Waals surface area contributed by atoms with Crippen molar-refractivity contribution in [3.8, 4) is 0 Å². The van der Waals surface area contributed by atoms with Crippen LogP contribution in [0.25, 0.3) is 0 Å². The Morgan fingerprint density at radius 1 is 1.77 bits per heavy atom. The number of rotatable bonds is 3. The summed E-state index contributed by atoms with van der Waals surface area (Å²) in [6.07, 6.45) is 0.890. The molecule has 0 amide bonds. The van der Waals surface area contributed by atoms with Crippen molar-refractivity contribution in [1.29, 1.82) is 0 Å². The minimum Gasteiger partial charge on any atom is -0.476 e. The molecule has 1 unspecified atom stereocenters. The number of nitrogens with zero attached hydrogens (tertiary/aromatic N) is 2. The Morgan fingerprint density at radius 2 is 2.38 bits per heavy atom. The Hall–Kier alpha value is -1.41. The Kier molecular flexibility index (Phi) is 2.63. The molecule has 1 heterocycles. The van der Waals surface area contributed by atoms with E-state index in [9.17, 15) is 9.00 Å². The first kappa shape index (κ1) is 9.68. The van der Waals surface area contributed by atoms with Crippen LogP contribution < -0.4 is 4.31 Å². The first-order valence-electron chi connectivity index (χ1n) is 3.06. The van der Waals surface area contributed by atoms with Gasteiger partial charge in [-0.1, -0.05) is 0 Å². The molecule has 0 saturated carbocycles. The molecule has 1 rings (SSSR count). The molecular formula is C5H6N2O5S. The number of carboxylic acids is 1. The highest BCUT2D eigenvalue weighted by Gasteiger charge is 2.16. The van der Waals surface area contributed by atoms with E-state index in [0.717, 1.165) is 10.6 Å². The van der Waals surface area contributed by atoms with Crippen molar-refractivity contribution in [3.05, 3.63) is 12.0 Å². The summed E-state index contributed by atoms with van der Waals surface area (Å²) < 4.78 is 24.5. The number of hydrogen-bond acceptors (Lipinski definition) is 4. The molecule has 1 aromatic heterocycles. The maximum absolute atomic E-state index is 10.5. The van der Waals surface area contributed by atoms with E-state index in [2.05, 4.69) is 9.40 Å². The van der Waals surface area contributed by atoms with Crippen LogP contribution in [0.1, 0.15) is 10.5 Å². The molecule has 8 heteroatoms. The van der Waals surface area contributed by atoms with Gasteiger partial charge in [-0.05, 0) is 0 Å². The quantitative estimate of drug-likeness (QED) is 0.671. The summed E-state index contributed by atoms with van der Waals surface area (Å²) in [7, 11) is 1.24. The number of hydrogen-bond donors (Lipinski definition) is 2. The zero-order valence-electron chi connectivity index (χ0n) is 6.50. The molecule has 0 aromatic carbocycles. The van der Waals surface area contributed by atoms with E-state index in [4.69, 9.17) is 9.66 Å². The Labute approximate surface area is 75.4 Å². The SMILES string of the molecule is CN(c1nc(C(=O)O)co1)S(=O)O. The highest BCUT2D eigenvalue weighted by molar-refractivity contribution is 7.80. The van der Waals surface area contributed by atoms with Gasteiger partial charge in [0.1, 0.15) is 6.26 Å². The first-order chi connectivity index (χ1) is 6.02. The molecule has 1 atom stereocenters. The maximum atomic E-state index is 10.5. The van der Waals surface area contributed by atoms with Crippen LogP contribution in [0.5, 0.6) is 0 Å². The van der Waals surface area contributed by atoms with Gasteiger partial charge in [-0.3, -0.25) is 4.55 Å². The van der Waals surface area contributed by atoms with E-state index in [0.29, 0.717) is 0 Å². The summed E-state index contributed by atoms with van der Waals surface area (Å²) >= 11 is -2.28. The molecule has 0 aliphatic heterocycles. The summed E-state index contributed by atoms with van der Waals surface area (Å²) in [5.41, 5.74) is -0.313. The summed E-state index contributed by atoms with van der Waals surface area (Å²) in [5, 5.41) is 8.44. The summed E-state index contributed by atoms with van der Waals surface area (Å²) in [6.45, 7) is 0. The number of carbonyl (C=O) groups is 1. The number of carboxylic acid groups (broad SMARTS) is 1. The van der Waals surface area contributed by atoms with E-state index in [1.165, 1.54) is 7.05 Å². The summed E-state index contributed by atoms with van der Waals surface area (Å²) in [4.78, 5) is 13.8. The molecular weight excluding hydrogens is 200 g/mol. The maximum Gasteiger partial charge on any atom is 0.357 e. The average Bonchev–Trinajstić information content (AvgIpc) is 2.50. The van der Waals surface area contributed by atoms with Crippen LogP contribution in [-0.2, 0) is 11.3 Å². The fourth-order valence-corrected chi connectivity index (χ4v) is 0.791. The van der Waals surface area contributed by atoms with Gasteiger partial charge in [0.05, 0.1) is 0 Å². The fourth-order valence-electron chi connectivity index (χ4n) is 0.574.